The molecule has 2 nitrogen and oxygen atoms in total. The van der Waals surface area contributed by atoms with Crippen LogP contribution in [0.25, 0.3) is 0 Å². The molecule has 0 spiro atoms. The van der Waals surface area contributed by atoms with E-state index in [0.29, 0.717) is 0 Å². The Kier molecular flexibility index (Phi) is 6.57. The molecule has 0 aliphatic carbocycles. The maximum absolute atomic E-state index is 8.97. The molecule has 0 radical (unpaired) electrons. The Bertz CT molecular complexity index is 81.6. The molecular weight excluding hydrogens is 140 g/mol. The number of hydrogen-bond acceptors (Lipinski definition) is 2. The maximum Gasteiger partial charge on any atom is 0.0770 e. The van der Waals surface area contributed by atoms with Crippen molar-refractivity contribution in [1.29, 1.82) is 0 Å². The molecule has 0 saturated heterocycles. The third-order valence-corrected chi connectivity index (χ3v) is 1.78. The molecule has 68 valence electrons. The van der Waals surface area contributed by atoms with Gasteiger partial charge in [-0.25, -0.2) is 0 Å². The van der Waals surface area contributed by atoms with E-state index >= 15 is 0 Å². The molecule has 0 amide bonds. The second kappa shape index (κ2) is 6.62. The Morgan fingerprint density at radius 2 is 1.64 bits per heavy atom. The van der Waals surface area contributed by atoms with E-state index in [1.165, 1.54) is 6.42 Å². The molecule has 0 heterocycles. The summed E-state index contributed by atoms with van der Waals surface area (Å²) in [5, 5.41) is 17.5. The zero-order chi connectivity index (χ0) is 8.69. The summed E-state index contributed by atoms with van der Waals surface area (Å²) in [5.74, 6) is 0.751. The smallest absolute Gasteiger partial charge is 0.0770 e. The lowest BCUT2D eigenvalue weighted by atomic mass is 10.0. The lowest BCUT2D eigenvalue weighted by Crippen LogP contribution is -2.11. The van der Waals surface area contributed by atoms with Crippen LogP contribution in [0.2, 0.25) is 0 Å². The highest BCUT2D eigenvalue weighted by atomic mass is 16.3. The molecule has 0 rings (SSSR count). The van der Waals surface area contributed by atoms with Crippen molar-refractivity contribution in [3.8, 4) is 0 Å². The van der Waals surface area contributed by atoms with Crippen LogP contribution >= 0.6 is 0 Å². The van der Waals surface area contributed by atoms with Crippen LogP contribution in [0.1, 0.15) is 39.5 Å². The van der Waals surface area contributed by atoms with E-state index in [1.807, 2.05) is 0 Å². The molecule has 0 bridgehead atoms. The van der Waals surface area contributed by atoms with Crippen LogP contribution in [0.4, 0.5) is 0 Å². The van der Waals surface area contributed by atoms with Crippen molar-refractivity contribution in [2.75, 3.05) is 6.61 Å². The van der Waals surface area contributed by atoms with Crippen molar-refractivity contribution >= 4 is 0 Å². The summed E-state index contributed by atoms with van der Waals surface area (Å²) in [5.41, 5.74) is 0. The van der Waals surface area contributed by atoms with E-state index in [0.717, 1.165) is 25.2 Å². The van der Waals surface area contributed by atoms with Crippen LogP contribution < -0.4 is 0 Å². The van der Waals surface area contributed by atoms with Crippen molar-refractivity contribution < 1.29 is 10.2 Å². The number of unbranched alkanes of at least 4 members (excludes halogenated alkanes) is 1. The monoisotopic (exact) mass is 160 g/mol. The highest BCUT2D eigenvalue weighted by Gasteiger charge is 2.01. The molecule has 0 aromatic carbocycles. The molecule has 2 heteroatoms. The summed E-state index contributed by atoms with van der Waals surface area (Å²) in [6, 6.07) is 0. The van der Waals surface area contributed by atoms with Gasteiger partial charge in [0.25, 0.3) is 0 Å². The minimum Gasteiger partial charge on any atom is -0.394 e. The van der Waals surface area contributed by atoms with Gasteiger partial charge in [-0.15, -0.1) is 0 Å². The molecular formula is C9H20O2. The van der Waals surface area contributed by atoms with E-state index in [9.17, 15) is 0 Å². The van der Waals surface area contributed by atoms with Crippen molar-refractivity contribution in [1.82, 2.24) is 0 Å². The first-order chi connectivity index (χ1) is 5.16. The lowest BCUT2D eigenvalue weighted by molar-refractivity contribution is 0.0858. The Balaban J connectivity index is 3.01. The van der Waals surface area contributed by atoms with Crippen molar-refractivity contribution in [2.45, 2.75) is 45.6 Å². The van der Waals surface area contributed by atoms with Gasteiger partial charge in [0.15, 0.2) is 0 Å². The van der Waals surface area contributed by atoms with Crippen molar-refractivity contribution in [3.63, 3.8) is 0 Å². The van der Waals surface area contributed by atoms with Gasteiger partial charge in [0.1, 0.15) is 0 Å². The number of aliphatic hydroxyl groups excluding tert-OH is 2. The fourth-order valence-electron chi connectivity index (χ4n) is 1.02. The summed E-state index contributed by atoms with van der Waals surface area (Å²) in [4.78, 5) is 0. The second-order valence-electron chi connectivity index (χ2n) is 3.51. The minimum atomic E-state index is -0.498. The average molecular weight is 160 g/mol. The Morgan fingerprint density at radius 3 is 2.09 bits per heavy atom. The normalized spacial score (nSPS) is 13.9. The molecule has 11 heavy (non-hydrogen) atoms. The summed E-state index contributed by atoms with van der Waals surface area (Å²) < 4.78 is 0. The molecule has 0 aliphatic rings. The van der Waals surface area contributed by atoms with Gasteiger partial charge in [0.05, 0.1) is 12.7 Å². The predicted molar refractivity (Wildman–Crippen MR) is 46.4 cm³/mol. The molecule has 0 saturated carbocycles. The Hall–Kier alpha value is -0.0800. The number of aliphatic hydroxyl groups is 2. The maximum atomic E-state index is 8.97. The topological polar surface area (TPSA) is 40.5 Å². The third-order valence-electron chi connectivity index (χ3n) is 1.78. The Morgan fingerprint density at radius 1 is 1.09 bits per heavy atom. The van der Waals surface area contributed by atoms with Crippen LogP contribution in [-0.4, -0.2) is 22.9 Å². The van der Waals surface area contributed by atoms with Gasteiger partial charge in [-0.3, -0.25) is 0 Å². The summed E-state index contributed by atoms with van der Waals surface area (Å²) in [6.45, 7) is 4.30. The zero-order valence-electron chi connectivity index (χ0n) is 7.58. The second-order valence-corrected chi connectivity index (χ2v) is 3.51. The quantitative estimate of drug-likeness (QED) is 0.579. The molecule has 0 aromatic heterocycles. The van der Waals surface area contributed by atoms with Gasteiger partial charge < -0.3 is 10.2 Å². The first-order valence-electron chi connectivity index (χ1n) is 4.45. The molecule has 2 N–H and O–H groups in total. The molecule has 0 fully saturated rings. The van der Waals surface area contributed by atoms with Gasteiger partial charge in [0, 0.05) is 0 Å². The Labute approximate surface area is 69.2 Å². The van der Waals surface area contributed by atoms with Crippen molar-refractivity contribution in [2.24, 2.45) is 5.92 Å². The summed E-state index contributed by atoms with van der Waals surface area (Å²) in [6.07, 6.45) is 3.65. The first kappa shape index (κ1) is 10.9. The zero-order valence-corrected chi connectivity index (χ0v) is 7.58. The van der Waals surface area contributed by atoms with Gasteiger partial charge in [-0.1, -0.05) is 33.1 Å². The van der Waals surface area contributed by atoms with Crippen LogP contribution in [0, 0.1) is 5.92 Å². The molecule has 1 atom stereocenters. The fraction of sp³-hybridized carbons (Fsp3) is 1.00. The van der Waals surface area contributed by atoms with E-state index < -0.39 is 6.10 Å². The summed E-state index contributed by atoms with van der Waals surface area (Å²) >= 11 is 0. The fourth-order valence-corrected chi connectivity index (χ4v) is 1.02. The van der Waals surface area contributed by atoms with Crippen LogP contribution in [-0.2, 0) is 0 Å². The van der Waals surface area contributed by atoms with Gasteiger partial charge in [-0.05, 0) is 12.3 Å². The van der Waals surface area contributed by atoms with Gasteiger partial charge in [0.2, 0.25) is 0 Å². The van der Waals surface area contributed by atoms with Gasteiger partial charge in [-0.2, -0.15) is 0 Å². The lowest BCUT2D eigenvalue weighted by Gasteiger charge is -2.07. The first-order valence-corrected chi connectivity index (χ1v) is 4.45. The van der Waals surface area contributed by atoms with E-state index in [4.69, 9.17) is 10.2 Å². The molecule has 0 aliphatic heterocycles. The van der Waals surface area contributed by atoms with E-state index in [-0.39, 0.29) is 6.61 Å². The highest BCUT2D eigenvalue weighted by molar-refractivity contribution is 4.54. The SMILES string of the molecule is CC(C)CCCCC(O)CO. The third kappa shape index (κ3) is 7.82. The van der Waals surface area contributed by atoms with Crippen molar-refractivity contribution in [3.05, 3.63) is 0 Å². The predicted octanol–water partition coefficient (Wildman–Crippen LogP) is 1.56. The van der Waals surface area contributed by atoms with Crippen LogP contribution in [0.15, 0.2) is 0 Å². The average Bonchev–Trinajstić information content (AvgIpc) is 1.97. The number of rotatable bonds is 6. The van der Waals surface area contributed by atoms with Crippen LogP contribution in [0.3, 0.4) is 0 Å². The van der Waals surface area contributed by atoms with E-state index in [1.54, 1.807) is 0 Å². The molecule has 0 aromatic rings. The number of hydrogen-bond donors (Lipinski definition) is 2. The highest BCUT2D eigenvalue weighted by Crippen LogP contribution is 2.09. The minimum absolute atomic E-state index is 0.0956. The van der Waals surface area contributed by atoms with E-state index in [2.05, 4.69) is 13.8 Å². The van der Waals surface area contributed by atoms with Crippen LogP contribution in [0.5, 0.6) is 0 Å². The molecule has 1 unspecified atom stereocenters. The van der Waals surface area contributed by atoms with Gasteiger partial charge >= 0.3 is 0 Å². The summed E-state index contributed by atoms with van der Waals surface area (Å²) in [7, 11) is 0. The largest absolute Gasteiger partial charge is 0.394 e. The standard InChI is InChI=1S/C9H20O2/c1-8(2)5-3-4-6-9(11)7-10/h8-11H,3-7H2,1-2H3.